The van der Waals surface area contributed by atoms with Crippen molar-refractivity contribution < 1.29 is 9.90 Å². The van der Waals surface area contributed by atoms with Crippen LogP contribution in [0.5, 0.6) is 0 Å². The number of amides is 1. The van der Waals surface area contributed by atoms with Crippen molar-refractivity contribution in [2.75, 3.05) is 7.05 Å². The fourth-order valence-electron chi connectivity index (χ4n) is 2.58. The first-order chi connectivity index (χ1) is 12.2. The van der Waals surface area contributed by atoms with Crippen LogP contribution in [0.1, 0.15) is 27.4 Å². The third kappa shape index (κ3) is 4.10. The fourth-order valence-corrected chi connectivity index (χ4v) is 2.58. The molecule has 2 aromatic heterocycles. The molecule has 6 heteroatoms. The van der Waals surface area contributed by atoms with Crippen LogP contribution < -0.4 is 0 Å². The highest BCUT2D eigenvalue weighted by atomic mass is 16.3. The first kappa shape index (κ1) is 16.9. The van der Waals surface area contributed by atoms with E-state index >= 15 is 0 Å². The van der Waals surface area contributed by atoms with E-state index in [4.69, 9.17) is 0 Å². The number of hydrogen-bond donors (Lipinski definition) is 1. The molecule has 3 rings (SSSR count). The summed E-state index contributed by atoms with van der Waals surface area (Å²) in [5.74, 6) is 0.600. The lowest BCUT2D eigenvalue weighted by Gasteiger charge is -2.17. The smallest absolute Gasteiger partial charge is 0.272 e. The molecule has 0 bridgehead atoms. The Morgan fingerprint density at radius 3 is 2.68 bits per heavy atom. The number of rotatable bonds is 6. The van der Waals surface area contributed by atoms with Gasteiger partial charge in [-0.3, -0.25) is 9.78 Å². The zero-order valence-electron chi connectivity index (χ0n) is 14.0. The van der Waals surface area contributed by atoms with Crippen molar-refractivity contribution in [3.63, 3.8) is 0 Å². The van der Waals surface area contributed by atoms with Gasteiger partial charge in [0.15, 0.2) is 0 Å². The maximum Gasteiger partial charge on any atom is 0.272 e. The van der Waals surface area contributed by atoms with Crippen molar-refractivity contribution in [2.24, 2.45) is 0 Å². The molecule has 0 aliphatic rings. The van der Waals surface area contributed by atoms with E-state index in [-0.39, 0.29) is 12.5 Å². The Balaban J connectivity index is 1.72. The Kier molecular flexibility index (Phi) is 5.20. The second-order valence-corrected chi connectivity index (χ2v) is 5.83. The van der Waals surface area contributed by atoms with Crippen molar-refractivity contribution in [1.82, 2.24) is 19.4 Å². The number of aliphatic hydroxyl groups excluding tert-OH is 1. The second-order valence-electron chi connectivity index (χ2n) is 5.83. The quantitative estimate of drug-likeness (QED) is 0.748. The summed E-state index contributed by atoms with van der Waals surface area (Å²) in [6.45, 7) is 0.966. The number of pyridine rings is 1. The van der Waals surface area contributed by atoms with Crippen LogP contribution in [0.25, 0.3) is 0 Å². The largest absolute Gasteiger partial charge is 0.392 e. The molecule has 0 radical (unpaired) electrons. The summed E-state index contributed by atoms with van der Waals surface area (Å²) >= 11 is 0. The number of benzene rings is 1. The van der Waals surface area contributed by atoms with Gasteiger partial charge in [0, 0.05) is 32.2 Å². The van der Waals surface area contributed by atoms with E-state index in [0.717, 1.165) is 5.82 Å². The third-order valence-corrected chi connectivity index (χ3v) is 3.95. The lowest BCUT2D eigenvalue weighted by molar-refractivity contribution is 0.0774. The molecule has 1 aromatic carbocycles. The molecule has 0 saturated heterocycles. The van der Waals surface area contributed by atoms with Gasteiger partial charge in [0.2, 0.25) is 0 Å². The van der Waals surface area contributed by atoms with Gasteiger partial charge < -0.3 is 14.6 Å². The molecular weight excluding hydrogens is 316 g/mol. The minimum absolute atomic E-state index is 0.117. The minimum Gasteiger partial charge on any atom is -0.392 e. The number of nitrogens with zero attached hydrogens (tertiary/aromatic N) is 4. The SMILES string of the molecule is CN(Cc1nccn1Cc1ccccc1)C(=O)c1cc(CO)ccn1. The zero-order valence-corrected chi connectivity index (χ0v) is 14.0. The van der Waals surface area contributed by atoms with Gasteiger partial charge in [-0.2, -0.15) is 0 Å². The van der Waals surface area contributed by atoms with Gasteiger partial charge in [0.25, 0.3) is 5.91 Å². The summed E-state index contributed by atoms with van der Waals surface area (Å²) in [7, 11) is 1.72. The Bertz CT molecular complexity index is 845. The van der Waals surface area contributed by atoms with Crippen LogP contribution in [0.15, 0.2) is 61.1 Å². The standard InChI is InChI=1S/C19H20N4O2/c1-22(19(25)17-11-16(14-24)7-8-20-17)13-18-21-9-10-23(18)12-15-5-3-2-4-6-15/h2-11,24H,12-14H2,1H3. The van der Waals surface area contributed by atoms with Crippen LogP contribution in [-0.4, -0.2) is 37.5 Å². The molecule has 0 aliphatic heterocycles. The number of imidazole rings is 1. The summed E-state index contributed by atoms with van der Waals surface area (Å²) in [6, 6.07) is 13.4. The zero-order chi connectivity index (χ0) is 17.6. The Morgan fingerprint density at radius 1 is 1.12 bits per heavy atom. The van der Waals surface area contributed by atoms with Crippen LogP contribution in [0.4, 0.5) is 0 Å². The van der Waals surface area contributed by atoms with E-state index in [1.807, 2.05) is 29.0 Å². The van der Waals surface area contributed by atoms with Crippen molar-refractivity contribution in [1.29, 1.82) is 0 Å². The average molecular weight is 336 g/mol. The van der Waals surface area contributed by atoms with E-state index < -0.39 is 0 Å². The van der Waals surface area contributed by atoms with Gasteiger partial charge in [-0.1, -0.05) is 30.3 Å². The molecule has 1 amide bonds. The Morgan fingerprint density at radius 2 is 1.92 bits per heavy atom. The van der Waals surface area contributed by atoms with Gasteiger partial charge >= 0.3 is 0 Å². The highest BCUT2D eigenvalue weighted by Gasteiger charge is 2.16. The van der Waals surface area contributed by atoms with E-state index in [9.17, 15) is 9.90 Å². The summed E-state index contributed by atoms with van der Waals surface area (Å²) in [6.07, 6.45) is 5.18. The Labute approximate surface area is 146 Å². The number of aliphatic hydroxyl groups is 1. The number of aromatic nitrogens is 3. The third-order valence-electron chi connectivity index (χ3n) is 3.95. The van der Waals surface area contributed by atoms with E-state index in [0.29, 0.717) is 24.3 Å². The highest BCUT2D eigenvalue weighted by molar-refractivity contribution is 5.92. The molecule has 6 nitrogen and oxygen atoms in total. The number of hydrogen-bond acceptors (Lipinski definition) is 4. The molecule has 2 heterocycles. The minimum atomic E-state index is -0.204. The van der Waals surface area contributed by atoms with Crippen LogP contribution in [0.3, 0.4) is 0 Å². The lowest BCUT2D eigenvalue weighted by atomic mass is 10.2. The predicted octanol–water partition coefficient (Wildman–Crippen LogP) is 2.09. The van der Waals surface area contributed by atoms with Gasteiger partial charge in [-0.25, -0.2) is 4.98 Å². The first-order valence-corrected chi connectivity index (χ1v) is 8.02. The summed E-state index contributed by atoms with van der Waals surface area (Å²) < 4.78 is 2.02. The van der Waals surface area contributed by atoms with Crippen molar-refractivity contribution in [2.45, 2.75) is 19.7 Å². The van der Waals surface area contributed by atoms with Crippen molar-refractivity contribution in [3.8, 4) is 0 Å². The molecule has 0 spiro atoms. The van der Waals surface area contributed by atoms with Crippen molar-refractivity contribution in [3.05, 3.63) is 83.7 Å². The summed E-state index contributed by atoms with van der Waals surface area (Å²) in [4.78, 5) is 22.6. The second kappa shape index (κ2) is 7.72. The van der Waals surface area contributed by atoms with Gasteiger partial charge in [0.1, 0.15) is 11.5 Å². The van der Waals surface area contributed by atoms with E-state index in [1.165, 1.54) is 11.8 Å². The predicted molar refractivity (Wildman–Crippen MR) is 93.7 cm³/mol. The van der Waals surface area contributed by atoms with E-state index in [2.05, 4.69) is 22.1 Å². The van der Waals surface area contributed by atoms with Gasteiger partial charge in [0.05, 0.1) is 13.2 Å². The molecule has 0 unspecified atom stereocenters. The van der Waals surface area contributed by atoms with Crippen molar-refractivity contribution >= 4 is 5.91 Å². The molecule has 3 aromatic rings. The molecular formula is C19H20N4O2. The fraction of sp³-hybridized carbons (Fsp3) is 0.211. The molecule has 0 fully saturated rings. The molecule has 1 N–H and O–H groups in total. The maximum absolute atomic E-state index is 12.6. The number of carbonyl (C=O) groups excluding carboxylic acids is 1. The topological polar surface area (TPSA) is 71.2 Å². The lowest BCUT2D eigenvalue weighted by Crippen LogP contribution is -2.28. The first-order valence-electron chi connectivity index (χ1n) is 8.02. The molecule has 25 heavy (non-hydrogen) atoms. The molecule has 0 aliphatic carbocycles. The summed E-state index contributed by atoms with van der Waals surface area (Å²) in [5.41, 5.74) is 2.15. The van der Waals surface area contributed by atoms with Gasteiger partial charge in [-0.05, 0) is 23.3 Å². The number of carbonyl (C=O) groups is 1. The molecule has 0 saturated carbocycles. The van der Waals surface area contributed by atoms with Crippen LogP contribution in [0, 0.1) is 0 Å². The highest BCUT2D eigenvalue weighted by Crippen LogP contribution is 2.10. The summed E-state index contributed by atoms with van der Waals surface area (Å²) in [5, 5.41) is 9.20. The van der Waals surface area contributed by atoms with Crippen LogP contribution in [0.2, 0.25) is 0 Å². The van der Waals surface area contributed by atoms with E-state index in [1.54, 1.807) is 30.3 Å². The van der Waals surface area contributed by atoms with Crippen LogP contribution in [-0.2, 0) is 19.7 Å². The normalized spacial score (nSPS) is 10.6. The monoisotopic (exact) mass is 336 g/mol. The molecule has 0 atom stereocenters. The molecule has 128 valence electrons. The average Bonchev–Trinajstić information content (AvgIpc) is 3.08. The van der Waals surface area contributed by atoms with Gasteiger partial charge in [-0.15, -0.1) is 0 Å². The van der Waals surface area contributed by atoms with Crippen LogP contribution >= 0.6 is 0 Å². The Hall–Kier alpha value is -2.99. The maximum atomic E-state index is 12.6.